The number of halogens is 4. The van der Waals surface area contributed by atoms with Gasteiger partial charge in [-0.05, 0) is 30.5 Å². The molecule has 1 nitrogen and oxygen atoms in total. The zero-order valence-corrected chi connectivity index (χ0v) is 11.4. The molecule has 0 spiro atoms. The van der Waals surface area contributed by atoms with E-state index in [0.717, 1.165) is 5.56 Å². The maximum Gasteiger partial charge on any atom is 0.249 e. The second-order valence-corrected chi connectivity index (χ2v) is 5.81. The predicted molar refractivity (Wildman–Crippen MR) is 70.6 cm³/mol. The molecule has 5 heteroatoms. The minimum absolute atomic E-state index is 0.0595. The second-order valence-electron chi connectivity index (χ2n) is 5.00. The maximum atomic E-state index is 13.6. The van der Waals surface area contributed by atoms with Crippen molar-refractivity contribution in [2.75, 3.05) is 6.54 Å². The zero-order chi connectivity index (χ0) is 13.4. The van der Waals surface area contributed by atoms with E-state index in [0.29, 0.717) is 22.9 Å². The molecule has 100 valence electrons. The van der Waals surface area contributed by atoms with Crippen molar-refractivity contribution in [3.8, 4) is 0 Å². The molecule has 1 unspecified atom stereocenters. The summed E-state index contributed by atoms with van der Waals surface area (Å²) in [6, 6.07) is 5.06. The molecular weight excluding hydrogens is 279 g/mol. The third-order valence-corrected chi connectivity index (χ3v) is 4.46. The lowest BCUT2D eigenvalue weighted by molar-refractivity contribution is -0.0600. The fourth-order valence-electron chi connectivity index (χ4n) is 2.72. The van der Waals surface area contributed by atoms with E-state index in [9.17, 15) is 8.78 Å². The fourth-order valence-corrected chi connectivity index (χ4v) is 3.02. The van der Waals surface area contributed by atoms with Gasteiger partial charge in [-0.3, -0.25) is 0 Å². The van der Waals surface area contributed by atoms with E-state index in [-0.39, 0.29) is 19.4 Å². The van der Waals surface area contributed by atoms with E-state index in [2.05, 4.69) is 0 Å². The predicted octanol–water partition coefficient (Wildman–Crippen LogP) is 4.40. The summed E-state index contributed by atoms with van der Waals surface area (Å²) in [6.07, 6.45) is 0.867. The van der Waals surface area contributed by atoms with Crippen molar-refractivity contribution in [2.45, 2.75) is 37.0 Å². The Kier molecular flexibility index (Phi) is 3.86. The molecule has 0 saturated heterocycles. The summed E-state index contributed by atoms with van der Waals surface area (Å²) in [6.45, 7) is 0.195. The Morgan fingerprint density at radius 3 is 2.44 bits per heavy atom. The van der Waals surface area contributed by atoms with Crippen molar-refractivity contribution >= 4 is 23.2 Å². The Bertz CT molecular complexity index is 451. The molecule has 0 radical (unpaired) electrons. The molecule has 1 aromatic carbocycles. The first-order chi connectivity index (χ1) is 8.38. The molecule has 0 amide bonds. The standard InChI is InChI=1S/C13H15Cl2F2N/c14-10-3-2-9(6-11(10)15)12(8-18)4-1-5-13(16,17)7-12/h2-3,6H,1,4-5,7-8,18H2. The van der Waals surface area contributed by atoms with E-state index in [1.54, 1.807) is 18.2 Å². The van der Waals surface area contributed by atoms with Gasteiger partial charge in [0.1, 0.15) is 0 Å². The van der Waals surface area contributed by atoms with Gasteiger partial charge in [-0.15, -0.1) is 0 Å². The monoisotopic (exact) mass is 293 g/mol. The lowest BCUT2D eigenvalue weighted by atomic mass is 9.68. The van der Waals surface area contributed by atoms with E-state index in [1.165, 1.54) is 0 Å². The zero-order valence-electron chi connectivity index (χ0n) is 9.86. The molecule has 0 bridgehead atoms. The summed E-state index contributed by atoms with van der Waals surface area (Å²) in [5, 5.41) is 0.811. The van der Waals surface area contributed by atoms with Crippen LogP contribution >= 0.6 is 23.2 Å². The van der Waals surface area contributed by atoms with Gasteiger partial charge >= 0.3 is 0 Å². The Hall–Kier alpha value is -0.380. The van der Waals surface area contributed by atoms with Crippen LogP contribution in [0.15, 0.2) is 18.2 Å². The van der Waals surface area contributed by atoms with Crippen LogP contribution in [0.3, 0.4) is 0 Å². The normalized spacial score (nSPS) is 27.2. The van der Waals surface area contributed by atoms with Crippen LogP contribution in [0.1, 0.15) is 31.2 Å². The second kappa shape index (κ2) is 4.95. The highest BCUT2D eigenvalue weighted by Crippen LogP contribution is 2.46. The topological polar surface area (TPSA) is 26.0 Å². The van der Waals surface area contributed by atoms with Crippen LogP contribution in [0.25, 0.3) is 0 Å². The Morgan fingerprint density at radius 1 is 1.17 bits per heavy atom. The minimum Gasteiger partial charge on any atom is -0.330 e. The summed E-state index contributed by atoms with van der Waals surface area (Å²) in [4.78, 5) is 0. The molecule has 1 aliphatic carbocycles. The summed E-state index contributed by atoms with van der Waals surface area (Å²) in [5.41, 5.74) is 5.85. The first-order valence-corrected chi connectivity index (χ1v) is 6.68. The molecule has 1 fully saturated rings. The highest BCUT2D eigenvalue weighted by atomic mass is 35.5. The smallest absolute Gasteiger partial charge is 0.249 e. The third-order valence-electron chi connectivity index (χ3n) is 3.72. The lowest BCUT2D eigenvalue weighted by Crippen LogP contribution is -2.44. The number of rotatable bonds is 2. The van der Waals surface area contributed by atoms with Crippen molar-refractivity contribution in [3.05, 3.63) is 33.8 Å². The van der Waals surface area contributed by atoms with Crippen molar-refractivity contribution in [1.29, 1.82) is 0 Å². The average Bonchev–Trinajstić information content (AvgIpc) is 2.31. The van der Waals surface area contributed by atoms with Gasteiger partial charge in [0.15, 0.2) is 0 Å². The van der Waals surface area contributed by atoms with Crippen molar-refractivity contribution in [3.63, 3.8) is 0 Å². The van der Waals surface area contributed by atoms with E-state index in [4.69, 9.17) is 28.9 Å². The summed E-state index contributed by atoms with van der Waals surface area (Å²) < 4.78 is 27.3. The molecule has 1 aliphatic rings. The Balaban J connectivity index is 2.40. The van der Waals surface area contributed by atoms with Gasteiger partial charge in [-0.25, -0.2) is 8.78 Å². The Morgan fingerprint density at radius 2 is 1.89 bits per heavy atom. The highest BCUT2D eigenvalue weighted by Gasteiger charge is 2.46. The molecule has 0 heterocycles. The third kappa shape index (κ3) is 2.63. The van der Waals surface area contributed by atoms with Crippen LogP contribution in [0.5, 0.6) is 0 Å². The van der Waals surface area contributed by atoms with Crippen molar-refractivity contribution < 1.29 is 8.78 Å². The van der Waals surface area contributed by atoms with Crippen LogP contribution in [-0.4, -0.2) is 12.5 Å². The van der Waals surface area contributed by atoms with Gasteiger partial charge in [-0.1, -0.05) is 29.3 Å². The van der Waals surface area contributed by atoms with E-state index in [1.807, 2.05) is 0 Å². The molecule has 1 saturated carbocycles. The van der Waals surface area contributed by atoms with Crippen LogP contribution < -0.4 is 5.73 Å². The van der Waals surface area contributed by atoms with Crippen molar-refractivity contribution in [2.24, 2.45) is 5.73 Å². The molecule has 18 heavy (non-hydrogen) atoms. The number of hydrogen-bond donors (Lipinski definition) is 1. The van der Waals surface area contributed by atoms with Gasteiger partial charge in [0.25, 0.3) is 0 Å². The first-order valence-electron chi connectivity index (χ1n) is 5.92. The lowest BCUT2D eigenvalue weighted by Gasteiger charge is -2.40. The van der Waals surface area contributed by atoms with Gasteiger partial charge in [0, 0.05) is 24.8 Å². The minimum atomic E-state index is -2.65. The summed E-state index contributed by atoms with van der Waals surface area (Å²) in [5.74, 6) is -2.65. The van der Waals surface area contributed by atoms with Gasteiger partial charge < -0.3 is 5.73 Å². The summed E-state index contributed by atoms with van der Waals surface area (Å²) in [7, 11) is 0. The first kappa shape index (κ1) is 14.0. The molecule has 1 atom stereocenters. The summed E-state index contributed by atoms with van der Waals surface area (Å²) >= 11 is 11.8. The van der Waals surface area contributed by atoms with Crippen LogP contribution in [0.4, 0.5) is 8.78 Å². The average molecular weight is 294 g/mol. The number of nitrogens with two attached hydrogens (primary N) is 1. The van der Waals surface area contributed by atoms with Crippen LogP contribution in [-0.2, 0) is 5.41 Å². The number of hydrogen-bond acceptors (Lipinski definition) is 1. The molecule has 2 rings (SSSR count). The molecule has 0 aliphatic heterocycles. The van der Waals surface area contributed by atoms with Crippen LogP contribution in [0.2, 0.25) is 10.0 Å². The Labute approximate surface area is 115 Å². The fraction of sp³-hybridized carbons (Fsp3) is 0.538. The van der Waals surface area contributed by atoms with Gasteiger partial charge in [0.2, 0.25) is 5.92 Å². The van der Waals surface area contributed by atoms with E-state index < -0.39 is 11.3 Å². The maximum absolute atomic E-state index is 13.6. The molecule has 1 aromatic rings. The van der Waals surface area contributed by atoms with Gasteiger partial charge in [-0.2, -0.15) is 0 Å². The molecular formula is C13H15Cl2F2N. The molecule has 0 aromatic heterocycles. The number of benzene rings is 1. The quantitative estimate of drug-likeness (QED) is 0.859. The SMILES string of the molecule is NCC1(c2ccc(Cl)c(Cl)c2)CCCC(F)(F)C1. The molecule has 2 N–H and O–H groups in total. The highest BCUT2D eigenvalue weighted by molar-refractivity contribution is 6.42. The van der Waals surface area contributed by atoms with Crippen LogP contribution in [0, 0.1) is 0 Å². The van der Waals surface area contributed by atoms with Gasteiger partial charge in [0.05, 0.1) is 10.0 Å². The van der Waals surface area contributed by atoms with Crippen molar-refractivity contribution in [1.82, 2.24) is 0 Å². The largest absolute Gasteiger partial charge is 0.330 e. The van der Waals surface area contributed by atoms with E-state index >= 15 is 0 Å². The number of alkyl halides is 2.